The van der Waals surface area contributed by atoms with Crippen LogP contribution < -0.4 is 5.32 Å². The highest BCUT2D eigenvalue weighted by atomic mass is 16.2. The van der Waals surface area contributed by atoms with Crippen LogP contribution in [0.2, 0.25) is 0 Å². The van der Waals surface area contributed by atoms with Gasteiger partial charge in [0.05, 0.1) is 6.54 Å². The first-order chi connectivity index (χ1) is 10.6. The van der Waals surface area contributed by atoms with E-state index in [9.17, 15) is 4.79 Å². The van der Waals surface area contributed by atoms with Crippen LogP contribution in [0.4, 0.5) is 0 Å². The van der Waals surface area contributed by atoms with Gasteiger partial charge in [0.2, 0.25) is 5.91 Å². The van der Waals surface area contributed by atoms with E-state index in [0.717, 1.165) is 45.7 Å². The zero-order valence-electron chi connectivity index (χ0n) is 13.9. The van der Waals surface area contributed by atoms with Gasteiger partial charge in [-0.1, -0.05) is 44.2 Å². The Hall–Kier alpha value is -1.39. The number of rotatable bonds is 7. The van der Waals surface area contributed by atoms with Gasteiger partial charge in [0.25, 0.3) is 0 Å². The van der Waals surface area contributed by atoms with Gasteiger partial charge in [-0.3, -0.25) is 9.69 Å². The summed E-state index contributed by atoms with van der Waals surface area (Å²) in [6.45, 7) is 11.1. The minimum Gasteiger partial charge on any atom is -0.355 e. The molecule has 0 radical (unpaired) electrons. The van der Waals surface area contributed by atoms with Gasteiger partial charge >= 0.3 is 0 Å². The van der Waals surface area contributed by atoms with E-state index < -0.39 is 0 Å². The van der Waals surface area contributed by atoms with Gasteiger partial charge in [-0.25, -0.2) is 0 Å². The fraction of sp³-hybridized carbons (Fsp3) is 0.611. The second-order valence-corrected chi connectivity index (χ2v) is 6.56. The van der Waals surface area contributed by atoms with Crippen LogP contribution in [-0.4, -0.2) is 61.5 Å². The van der Waals surface area contributed by atoms with Crippen molar-refractivity contribution in [3.8, 4) is 0 Å². The summed E-state index contributed by atoms with van der Waals surface area (Å²) < 4.78 is 0. The van der Waals surface area contributed by atoms with Crippen LogP contribution in [0.25, 0.3) is 0 Å². The van der Waals surface area contributed by atoms with E-state index in [0.29, 0.717) is 12.5 Å². The van der Waals surface area contributed by atoms with Crippen LogP contribution in [0.1, 0.15) is 19.4 Å². The van der Waals surface area contributed by atoms with E-state index in [2.05, 4.69) is 41.1 Å². The lowest BCUT2D eigenvalue weighted by atomic mass is 10.1. The molecule has 1 amide bonds. The van der Waals surface area contributed by atoms with Crippen LogP contribution in [0, 0.1) is 5.92 Å². The van der Waals surface area contributed by atoms with E-state index in [4.69, 9.17) is 0 Å². The van der Waals surface area contributed by atoms with Crippen molar-refractivity contribution >= 4 is 5.91 Å². The number of benzene rings is 1. The molecule has 122 valence electrons. The first-order valence-corrected chi connectivity index (χ1v) is 8.39. The molecular formula is C18H29N3O. The molecule has 4 heteroatoms. The van der Waals surface area contributed by atoms with Crippen molar-refractivity contribution in [3.05, 3.63) is 35.9 Å². The average Bonchev–Trinajstić information content (AvgIpc) is 2.50. The number of nitrogens with one attached hydrogen (secondary N) is 1. The molecule has 0 atom stereocenters. The molecule has 0 saturated carbocycles. The minimum atomic E-state index is 0.147. The molecule has 22 heavy (non-hydrogen) atoms. The van der Waals surface area contributed by atoms with Crippen LogP contribution in [0.5, 0.6) is 0 Å². The van der Waals surface area contributed by atoms with Crippen molar-refractivity contribution in [1.82, 2.24) is 15.1 Å². The van der Waals surface area contributed by atoms with Crippen molar-refractivity contribution in [2.45, 2.75) is 20.3 Å². The van der Waals surface area contributed by atoms with E-state index in [1.165, 1.54) is 5.56 Å². The number of hydrogen-bond acceptors (Lipinski definition) is 3. The van der Waals surface area contributed by atoms with Gasteiger partial charge in [0, 0.05) is 39.3 Å². The van der Waals surface area contributed by atoms with Crippen LogP contribution in [0.3, 0.4) is 0 Å². The number of carbonyl (C=O) groups excluding carboxylic acids is 1. The van der Waals surface area contributed by atoms with E-state index in [1.54, 1.807) is 0 Å². The Labute approximate surface area is 134 Å². The average molecular weight is 303 g/mol. The van der Waals surface area contributed by atoms with Gasteiger partial charge in [-0.05, 0) is 17.9 Å². The smallest absolute Gasteiger partial charge is 0.234 e. The lowest BCUT2D eigenvalue weighted by Crippen LogP contribution is -2.50. The molecule has 1 aliphatic heterocycles. The predicted molar refractivity (Wildman–Crippen MR) is 90.9 cm³/mol. The van der Waals surface area contributed by atoms with Crippen molar-refractivity contribution in [2.24, 2.45) is 5.92 Å². The number of hydrogen-bond donors (Lipinski definition) is 1. The van der Waals surface area contributed by atoms with Crippen LogP contribution in [0.15, 0.2) is 30.3 Å². The Morgan fingerprint density at radius 3 is 2.36 bits per heavy atom. The first-order valence-electron chi connectivity index (χ1n) is 8.39. The van der Waals surface area contributed by atoms with Gasteiger partial charge in [0.15, 0.2) is 0 Å². The molecule has 4 nitrogen and oxygen atoms in total. The fourth-order valence-corrected chi connectivity index (χ4v) is 2.90. The Morgan fingerprint density at radius 1 is 1.09 bits per heavy atom. The summed E-state index contributed by atoms with van der Waals surface area (Å²) in [5.74, 6) is 0.862. The normalized spacial score (nSPS) is 16.9. The summed E-state index contributed by atoms with van der Waals surface area (Å²) in [4.78, 5) is 16.7. The molecule has 0 spiro atoms. The Bertz CT molecular complexity index is 439. The number of nitrogens with zero attached hydrogens (tertiary/aromatic N) is 2. The van der Waals surface area contributed by atoms with E-state index in [1.807, 2.05) is 18.2 Å². The largest absolute Gasteiger partial charge is 0.355 e. The maximum atomic E-state index is 12.0. The third kappa shape index (κ3) is 6.16. The second-order valence-electron chi connectivity index (χ2n) is 6.56. The molecule has 0 aromatic heterocycles. The minimum absolute atomic E-state index is 0.147. The van der Waals surface area contributed by atoms with E-state index >= 15 is 0 Å². The van der Waals surface area contributed by atoms with Crippen molar-refractivity contribution < 1.29 is 4.79 Å². The lowest BCUT2D eigenvalue weighted by molar-refractivity contribution is -0.122. The lowest BCUT2D eigenvalue weighted by Gasteiger charge is -2.35. The van der Waals surface area contributed by atoms with Crippen LogP contribution >= 0.6 is 0 Å². The molecule has 1 N–H and O–H groups in total. The molecule has 1 fully saturated rings. The molecule has 1 aromatic rings. The third-order valence-electron chi connectivity index (χ3n) is 4.03. The predicted octanol–water partition coefficient (Wildman–Crippen LogP) is 1.62. The number of carbonyl (C=O) groups is 1. The Balaban J connectivity index is 1.60. The fourth-order valence-electron chi connectivity index (χ4n) is 2.90. The topological polar surface area (TPSA) is 35.6 Å². The molecule has 2 rings (SSSR count). The molecule has 1 saturated heterocycles. The van der Waals surface area contributed by atoms with Gasteiger partial charge < -0.3 is 10.2 Å². The highest BCUT2D eigenvalue weighted by molar-refractivity contribution is 5.78. The Kier molecular flexibility index (Phi) is 6.87. The van der Waals surface area contributed by atoms with Gasteiger partial charge in [-0.2, -0.15) is 0 Å². The number of amides is 1. The van der Waals surface area contributed by atoms with Gasteiger partial charge in [-0.15, -0.1) is 0 Å². The molecule has 0 unspecified atom stereocenters. The summed E-state index contributed by atoms with van der Waals surface area (Å²) in [7, 11) is 0. The molecule has 1 aromatic carbocycles. The Morgan fingerprint density at radius 2 is 1.73 bits per heavy atom. The maximum absolute atomic E-state index is 12.0. The molecule has 0 bridgehead atoms. The summed E-state index contributed by atoms with van der Waals surface area (Å²) in [5.41, 5.74) is 1.27. The summed E-state index contributed by atoms with van der Waals surface area (Å²) in [6.07, 6.45) is 0.898. The number of piperazine rings is 1. The highest BCUT2D eigenvalue weighted by Crippen LogP contribution is 2.05. The first kappa shape index (κ1) is 17.0. The third-order valence-corrected chi connectivity index (χ3v) is 4.03. The summed E-state index contributed by atoms with van der Waals surface area (Å²) in [6, 6.07) is 10.3. The highest BCUT2D eigenvalue weighted by Gasteiger charge is 2.19. The van der Waals surface area contributed by atoms with Crippen LogP contribution in [-0.2, 0) is 11.2 Å². The zero-order chi connectivity index (χ0) is 15.8. The van der Waals surface area contributed by atoms with Gasteiger partial charge in [0.1, 0.15) is 0 Å². The van der Waals surface area contributed by atoms with E-state index in [-0.39, 0.29) is 5.91 Å². The zero-order valence-corrected chi connectivity index (χ0v) is 13.9. The molecular weight excluding hydrogens is 274 g/mol. The van der Waals surface area contributed by atoms with Crippen molar-refractivity contribution in [3.63, 3.8) is 0 Å². The molecule has 1 heterocycles. The van der Waals surface area contributed by atoms with Crippen molar-refractivity contribution in [2.75, 3.05) is 45.8 Å². The SMILES string of the molecule is CC(C)CN1CCN(CC(=O)NCCc2ccccc2)CC1. The second kappa shape index (κ2) is 8.91. The summed E-state index contributed by atoms with van der Waals surface area (Å²) >= 11 is 0. The maximum Gasteiger partial charge on any atom is 0.234 e. The monoisotopic (exact) mass is 303 g/mol. The van der Waals surface area contributed by atoms with Crippen molar-refractivity contribution in [1.29, 1.82) is 0 Å². The quantitative estimate of drug-likeness (QED) is 0.831. The standard InChI is InChI=1S/C18H29N3O/c1-16(2)14-20-10-12-21(13-11-20)15-18(22)19-9-8-17-6-4-3-5-7-17/h3-7,16H,8-15H2,1-2H3,(H,19,22). The molecule has 1 aliphatic rings. The molecule has 0 aliphatic carbocycles. The summed E-state index contributed by atoms with van der Waals surface area (Å²) in [5, 5.41) is 3.03.